The first-order valence-corrected chi connectivity index (χ1v) is 10.2. The number of ether oxygens (including phenoxy) is 1. The second-order valence-electron chi connectivity index (χ2n) is 7.81. The summed E-state index contributed by atoms with van der Waals surface area (Å²) < 4.78 is 49.4. The van der Waals surface area contributed by atoms with E-state index >= 15 is 0 Å². The van der Waals surface area contributed by atoms with Gasteiger partial charge >= 0.3 is 6.18 Å². The molecule has 10 heteroatoms. The molecule has 1 atom stereocenters. The molecule has 32 heavy (non-hydrogen) atoms. The fraction of sp³-hybridized carbons (Fsp3) is 0.318. The van der Waals surface area contributed by atoms with Crippen LogP contribution in [0.3, 0.4) is 0 Å². The van der Waals surface area contributed by atoms with Gasteiger partial charge in [-0.15, -0.1) is 10.2 Å². The summed E-state index contributed by atoms with van der Waals surface area (Å²) in [5.41, 5.74) is 0.914. The van der Waals surface area contributed by atoms with Crippen LogP contribution >= 0.6 is 0 Å². The van der Waals surface area contributed by atoms with Crippen molar-refractivity contribution in [3.8, 4) is 17.3 Å². The van der Waals surface area contributed by atoms with Gasteiger partial charge in [0.05, 0.1) is 12.5 Å². The van der Waals surface area contributed by atoms with Gasteiger partial charge in [0, 0.05) is 12.3 Å². The van der Waals surface area contributed by atoms with Gasteiger partial charge in [-0.3, -0.25) is 9.30 Å². The lowest BCUT2D eigenvalue weighted by atomic mass is 10.1. The van der Waals surface area contributed by atoms with Gasteiger partial charge in [0.1, 0.15) is 6.04 Å². The summed E-state index contributed by atoms with van der Waals surface area (Å²) in [5, 5.41) is 22.0. The molecule has 7 nitrogen and oxygen atoms in total. The van der Waals surface area contributed by atoms with Gasteiger partial charge in [0.2, 0.25) is 5.82 Å². The summed E-state index contributed by atoms with van der Waals surface area (Å²) >= 11 is 0. The van der Waals surface area contributed by atoms with E-state index in [1.165, 1.54) is 34.7 Å². The Bertz CT molecular complexity index is 1300. The van der Waals surface area contributed by atoms with Crippen LogP contribution in [0, 0.1) is 5.21 Å². The molecule has 1 aliphatic rings. The van der Waals surface area contributed by atoms with Gasteiger partial charge in [-0.2, -0.15) is 17.9 Å². The maximum atomic E-state index is 14.0. The summed E-state index contributed by atoms with van der Waals surface area (Å²) in [6.45, 7) is 0.782. The van der Waals surface area contributed by atoms with Crippen LogP contribution in [0.25, 0.3) is 28.1 Å². The fourth-order valence-corrected chi connectivity index (χ4v) is 4.43. The van der Waals surface area contributed by atoms with Crippen molar-refractivity contribution >= 4 is 16.6 Å². The van der Waals surface area contributed by atoms with E-state index < -0.39 is 12.2 Å². The Labute approximate surface area is 181 Å². The molecule has 0 saturated carbocycles. The van der Waals surface area contributed by atoms with Crippen LogP contribution in [0.2, 0.25) is 0 Å². The zero-order valence-electron chi connectivity index (χ0n) is 17.2. The van der Waals surface area contributed by atoms with Crippen molar-refractivity contribution in [1.29, 1.82) is 0 Å². The molecule has 1 aromatic carbocycles. The SMILES string of the molecule is COc1cccc2ccc(-c3nnc4ccc(C(N5CCCC5)C(F)(F)F)cn34)[n+]([O-])c12. The number of aromatic nitrogens is 4. The number of fused-ring (bicyclic) bond motifs is 2. The Hall–Kier alpha value is -3.40. The normalized spacial score (nSPS) is 16.1. The number of benzene rings is 1. The van der Waals surface area contributed by atoms with Crippen LogP contribution in [0.4, 0.5) is 13.2 Å². The molecular weight excluding hydrogens is 423 g/mol. The Morgan fingerprint density at radius 3 is 2.56 bits per heavy atom. The molecule has 0 aliphatic carbocycles. The Kier molecular flexibility index (Phi) is 4.89. The molecule has 0 radical (unpaired) electrons. The minimum Gasteiger partial charge on any atom is -0.618 e. The average Bonchev–Trinajstić information content (AvgIpc) is 3.43. The lowest BCUT2D eigenvalue weighted by Crippen LogP contribution is -2.36. The highest BCUT2D eigenvalue weighted by Crippen LogP contribution is 2.39. The van der Waals surface area contributed by atoms with Gasteiger partial charge in [0.25, 0.3) is 11.2 Å². The zero-order chi connectivity index (χ0) is 22.5. The minimum absolute atomic E-state index is 0.0868. The molecule has 0 amide bonds. The average molecular weight is 443 g/mol. The number of methoxy groups -OCH3 is 1. The number of hydrogen-bond acceptors (Lipinski definition) is 5. The molecule has 4 aromatic rings. The van der Waals surface area contributed by atoms with Crippen molar-refractivity contribution in [2.24, 2.45) is 0 Å². The van der Waals surface area contributed by atoms with Gasteiger partial charge in [-0.1, -0.05) is 12.1 Å². The van der Waals surface area contributed by atoms with Crippen molar-refractivity contribution in [2.45, 2.75) is 25.1 Å². The summed E-state index contributed by atoms with van der Waals surface area (Å²) in [7, 11) is 1.47. The predicted octanol–water partition coefficient (Wildman–Crippen LogP) is 3.89. The third-order valence-electron chi connectivity index (χ3n) is 5.88. The molecule has 4 heterocycles. The Morgan fingerprint density at radius 1 is 1.06 bits per heavy atom. The lowest BCUT2D eigenvalue weighted by Gasteiger charge is -2.29. The molecule has 0 spiro atoms. The van der Waals surface area contributed by atoms with E-state index in [9.17, 15) is 18.4 Å². The number of alkyl halides is 3. The summed E-state index contributed by atoms with van der Waals surface area (Å²) in [6.07, 6.45) is -1.57. The number of para-hydroxylation sites is 1. The van der Waals surface area contributed by atoms with Crippen LogP contribution < -0.4 is 9.47 Å². The van der Waals surface area contributed by atoms with E-state index in [0.29, 0.717) is 40.1 Å². The van der Waals surface area contributed by atoms with Crippen LogP contribution in [-0.4, -0.2) is 45.9 Å². The van der Waals surface area contributed by atoms with Crippen molar-refractivity contribution in [1.82, 2.24) is 19.5 Å². The molecular formula is C22H20F3N5O2. The van der Waals surface area contributed by atoms with E-state index in [1.54, 1.807) is 30.3 Å². The molecule has 0 bridgehead atoms. The monoisotopic (exact) mass is 443 g/mol. The molecule has 0 N–H and O–H groups in total. The molecule has 3 aromatic heterocycles. The molecule has 166 valence electrons. The second kappa shape index (κ2) is 7.63. The largest absolute Gasteiger partial charge is 0.618 e. The van der Waals surface area contributed by atoms with Crippen LogP contribution in [0.1, 0.15) is 24.4 Å². The standard InChI is InChI=1S/C22H20F3N5O2/c1-32-17-6-4-5-14-7-9-16(30(31)19(14)17)21-27-26-18-10-8-15(13-29(18)21)20(22(23,24)25)28-11-2-3-12-28/h4-10,13,20H,2-3,11-12H2,1H3. The molecule has 1 fully saturated rings. The maximum Gasteiger partial charge on any atom is 0.408 e. The molecule has 1 saturated heterocycles. The Balaban J connectivity index is 1.67. The number of hydrogen-bond donors (Lipinski definition) is 0. The van der Waals surface area contributed by atoms with Crippen LogP contribution in [-0.2, 0) is 0 Å². The smallest absolute Gasteiger partial charge is 0.408 e. The first-order valence-electron chi connectivity index (χ1n) is 10.2. The number of likely N-dealkylation sites (tertiary alicyclic amines) is 1. The topological polar surface area (TPSA) is 69.6 Å². The summed E-state index contributed by atoms with van der Waals surface area (Å²) in [6, 6.07) is 9.76. The molecule has 1 unspecified atom stereocenters. The fourth-order valence-electron chi connectivity index (χ4n) is 4.43. The quantitative estimate of drug-likeness (QED) is 0.354. The number of halogens is 3. The molecule has 5 rings (SSSR count). The third-order valence-corrected chi connectivity index (χ3v) is 5.88. The minimum atomic E-state index is -4.43. The van der Waals surface area contributed by atoms with Crippen LogP contribution in [0.15, 0.2) is 48.7 Å². The maximum absolute atomic E-state index is 14.0. The number of pyridine rings is 2. The first kappa shape index (κ1) is 20.5. The number of nitrogens with zero attached hydrogens (tertiary/aromatic N) is 5. The molecule has 1 aliphatic heterocycles. The first-order chi connectivity index (χ1) is 15.4. The third kappa shape index (κ3) is 3.31. The van der Waals surface area contributed by atoms with Gasteiger partial charge in [-0.05, 0) is 55.8 Å². The van der Waals surface area contributed by atoms with E-state index in [0.717, 1.165) is 12.8 Å². The predicted molar refractivity (Wildman–Crippen MR) is 111 cm³/mol. The van der Waals surface area contributed by atoms with Crippen molar-refractivity contribution in [3.63, 3.8) is 0 Å². The highest BCUT2D eigenvalue weighted by molar-refractivity contribution is 5.82. The van der Waals surface area contributed by atoms with Crippen molar-refractivity contribution in [3.05, 3.63) is 59.4 Å². The number of rotatable bonds is 4. The summed E-state index contributed by atoms with van der Waals surface area (Å²) in [5.74, 6) is 0.548. The lowest BCUT2D eigenvalue weighted by molar-refractivity contribution is -0.565. The van der Waals surface area contributed by atoms with Gasteiger partial charge < -0.3 is 9.94 Å². The van der Waals surface area contributed by atoms with E-state index in [4.69, 9.17) is 4.74 Å². The highest BCUT2D eigenvalue weighted by atomic mass is 19.4. The van der Waals surface area contributed by atoms with Crippen LogP contribution in [0.5, 0.6) is 5.75 Å². The van der Waals surface area contributed by atoms with E-state index in [-0.39, 0.29) is 17.1 Å². The zero-order valence-corrected chi connectivity index (χ0v) is 17.2. The van der Waals surface area contributed by atoms with E-state index in [2.05, 4.69) is 10.2 Å². The highest BCUT2D eigenvalue weighted by Gasteiger charge is 2.45. The summed E-state index contributed by atoms with van der Waals surface area (Å²) in [4.78, 5) is 1.44. The van der Waals surface area contributed by atoms with Crippen molar-refractivity contribution in [2.75, 3.05) is 20.2 Å². The Morgan fingerprint density at radius 2 is 1.84 bits per heavy atom. The van der Waals surface area contributed by atoms with E-state index in [1.807, 2.05) is 0 Å². The van der Waals surface area contributed by atoms with Gasteiger partial charge in [-0.25, -0.2) is 0 Å². The van der Waals surface area contributed by atoms with Crippen molar-refractivity contribution < 1.29 is 22.6 Å². The van der Waals surface area contributed by atoms with Gasteiger partial charge in [0.15, 0.2) is 11.4 Å². The second-order valence-corrected chi connectivity index (χ2v) is 7.81.